The van der Waals surface area contributed by atoms with Crippen molar-refractivity contribution in [2.45, 2.75) is 77.1 Å². The highest BCUT2D eigenvalue weighted by atomic mass is 14.7. The van der Waals surface area contributed by atoms with Crippen molar-refractivity contribution in [2.24, 2.45) is 0 Å². The van der Waals surface area contributed by atoms with Crippen LogP contribution in [0.3, 0.4) is 0 Å². The Labute approximate surface area is 183 Å². The molecule has 160 valence electrons. The Balaban J connectivity index is 0. The molecule has 3 rings (SSSR count). The summed E-state index contributed by atoms with van der Waals surface area (Å²) in [4.78, 5) is 8.18. The van der Waals surface area contributed by atoms with Gasteiger partial charge in [0.25, 0.3) is 0 Å². The molecule has 0 spiro atoms. The van der Waals surface area contributed by atoms with E-state index in [2.05, 4.69) is 83.6 Å². The lowest BCUT2D eigenvalue weighted by atomic mass is 10.1. The lowest BCUT2D eigenvalue weighted by Crippen LogP contribution is -1.87. The van der Waals surface area contributed by atoms with Crippen molar-refractivity contribution in [3.05, 3.63) is 93.1 Å². The molecule has 2 heterocycles. The van der Waals surface area contributed by atoms with Crippen molar-refractivity contribution in [1.82, 2.24) is 9.97 Å². The van der Waals surface area contributed by atoms with Crippen LogP contribution in [0.15, 0.2) is 42.9 Å². The monoisotopic (exact) mass is 398 g/mol. The van der Waals surface area contributed by atoms with Gasteiger partial charge in [-0.05, 0) is 113 Å². The van der Waals surface area contributed by atoms with Crippen LogP contribution in [0.4, 0.5) is 0 Å². The second-order valence-electron chi connectivity index (χ2n) is 7.25. The third-order valence-electron chi connectivity index (χ3n) is 5.32. The largest absolute Gasteiger partial charge is 0.264 e. The molecule has 0 aliphatic heterocycles. The third-order valence-corrected chi connectivity index (χ3v) is 5.32. The van der Waals surface area contributed by atoms with Gasteiger partial charge < -0.3 is 0 Å². The number of nitrogens with zero attached hydrogens (tertiary/aromatic N) is 2. The fourth-order valence-corrected chi connectivity index (χ4v) is 2.43. The molecule has 0 amide bonds. The zero-order valence-corrected chi connectivity index (χ0v) is 20.4. The standard InChI is InChI=1S/C9H12.2C8H11N.2CH4/c1-7-5-4-6-8(2)9(7)3;1-6-4-9-5-7(2)8(6)3;1-6-4-5-9-8(3)7(6)2;;/h4-6H,1-3H3;2*4-5H,1-3H3;2*1H4/i;;;2*1T. The number of aryl methyl sites for hydroxylation is 6. The van der Waals surface area contributed by atoms with Crippen molar-refractivity contribution < 1.29 is 2.74 Å². The minimum atomic E-state index is 1.13. The molecular weight excluding hydrogens is 352 g/mol. The molecule has 0 bridgehead atoms. The second kappa shape index (κ2) is 13.7. The molecule has 3 aromatic rings. The summed E-state index contributed by atoms with van der Waals surface area (Å²) >= 11 is 0. The zero-order valence-electron chi connectivity index (χ0n) is 22.4. The van der Waals surface area contributed by atoms with Gasteiger partial charge in [0.05, 0.1) is 0 Å². The maximum absolute atomic E-state index is 5.75. The van der Waals surface area contributed by atoms with E-state index in [1.807, 2.05) is 31.6 Å². The molecule has 1 aromatic carbocycles. The van der Waals surface area contributed by atoms with Gasteiger partial charge in [0, 0.05) is 27.0 Å². The number of hydrogen-bond donors (Lipinski definition) is 0. The summed E-state index contributed by atoms with van der Waals surface area (Å²) in [6, 6.07) is 8.41. The van der Waals surface area contributed by atoms with Crippen LogP contribution < -0.4 is 0 Å². The molecule has 2 nitrogen and oxygen atoms in total. The Kier molecular flexibility index (Phi) is 11.6. The molecule has 0 unspecified atom stereocenters. The molecule has 0 atom stereocenters. The average Bonchev–Trinajstić information content (AvgIpc) is 2.78. The molecular formula is C27H42N2. The quantitative estimate of drug-likeness (QED) is 0.384. The predicted octanol–water partition coefficient (Wildman–Crippen LogP) is 7.90. The minimum absolute atomic E-state index is 1.13. The number of rotatable bonds is 0. The first-order valence-corrected chi connectivity index (χ1v) is 9.44. The third kappa shape index (κ3) is 9.04. The topological polar surface area (TPSA) is 25.8 Å². The zero-order chi connectivity index (χ0) is 24.6. The highest BCUT2D eigenvalue weighted by Crippen LogP contribution is 2.10. The average molecular weight is 399 g/mol. The van der Waals surface area contributed by atoms with Gasteiger partial charge in [-0.3, -0.25) is 9.97 Å². The van der Waals surface area contributed by atoms with E-state index in [4.69, 9.17) is 2.74 Å². The van der Waals surface area contributed by atoms with Crippen molar-refractivity contribution in [3.63, 3.8) is 0 Å². The van der Waals surface area contributed by atoms with Crippen molar-refractivity contribution in [2.75, 3.05) is 0 Å². The Morgan fingerprint density at radius 3 is 1.34 bits per heavy atom. The number of hydrogen-bond acceptors (Lipinski definition) is 2. The first-order chi connectivity index (χ1) is 14.6. The lowest BCUT2D eigenvalue weighted by molar-refractivity contribution is 1.12. The van der Waals surface area contributed by atoms with Crippen molar-refractivity contribution in [1.29, 1.82) is 0 Å². The maximum atomic E-state index is 5.75. The smallest absolute Gasteiger partial charge is 0.0404 e. The number of aromatic nitrogens is 2. The van der Waals surface area contributed by atoms with Gasteiger partial charge in [0.1, 0.15) is 0 Å². The van der Waals surface area contributed by atoms with Crippen LogP contribution in [0.5, 0.6) is 0 Å². The summed E-state index contributed by atoms with van der Waals surface area (Å²) in [5, 5.41) is 0. The molecule has 0 saturated heterocycles. The van der Waals surface area contributed by atoms with Gasteiger partial charge in [-0.15, -0.1) is 0 Å². The molecule has 0 aliphatic rings. The summed E-state index contributed by atoms with van der Waals surface area (Å²) in [6.07, 6.45) is 5.63. The number of benzene rings is 1. The van der Waals surface area contributed by atoms with Gasteiger partial charge in [0.2, 0.25) is 0 Å². The van der Waals surface area contributed by atoms with Gasteiger partial charge in [-0.25, -0.2) is 0 Å². The van der Waals surface area contributed by atoms with Gasteiger partial charge >= 0.3 is 0 Å². The lowest BCUT2D eigenvalue weighted by Gasteiger charge is -2.00. The van der Waals surface area contributed by atoms with Gasteiger partial charge in [0.15, 0.2) is 0 Å². The van der Waals surface area contributed by atoms with Crippen LogP contribution >= 0.6 is 0 Å². The van der Waals surface area contributed by atoms with Crippen molar-refractivity contribution >= 4 is 0 Å². The van der Waals surface area contributed by atoms with E-state index >= 15 is 0 Å². The van der Waals surface area contributed by atoms with Gasteiger partial charge in [-0.1, -0.05) is 33.0 Å². The predicted molar refractivity (Wildman–Crippen MR) is 131 cm³/mol. The van der Waals surface area contributed by atoms with Crippen LogP contribution in [-0.2, 0) is 0 Å². The van der Waals surface area contributed by atoms with Crippen LogP contribution in [0.2, 0.25) is 0 Å². The molecule has 0 N–H and O–H groups in total. The Morgan fingerprint density at radius 2 is 1.00 bits per heavy atom. The molecule has 0 saturated carbocycles. The summed E-state index contributed by atoms with van der Waals surface area (Å²) in [6.45, 7) is 18.9. The van der Waals surface area contributed by atoms with Crippen LogP contribution in [-0.4, -0.2) is 9.97 Å². The minimum Gasteiger partial charge on any atom is -0.264 e. The summed E-state index contributed by atoms with van der Waals surface area (Å²) in [5.41, 5.74) is 11.8. The molecule has 0 aliphatic carbocycles. The second-order valence-corrected chi connectivity index (χ2v) is 7.25. The molecule has 2 heteroatoms. The Morgan fingerprint density at radius 1 is 0.586 bits per heavy atom. The highest BCUT2D eigenvalue weighted by molar-refractivity contribution is 5.31. The van der Waals surface area contributed by atoms with E-state index in [1.54, 1.807) is 0 Å². The normalized spacial score (nSPS) is 9.48. The van der Waals surface area contributed by atoms with E-state index in [-0.39, 0.29) is 0 Å². The van der Waals surface area contributed by atoms with E-state index in [1.165, 1.54) is 59.3 Å². The van der Waals surface area contributed by atoms with E-state index in [9.17, 15) is 0 Å². The van der Waals surface area contributed by atoms with E-state index in [0.29, 0.717) is 0 Å². The summed E-state index contributed by atoms with van der Waals surface area (Å²) < 4.78 is 11.5. The highest BCUT2D eigenvalue weighted by Gasteiger charge is 1.94. The first-order valence-electron chi connectivity index (χ1n) is 11.4. The van der Waals surface area contributed by atoms with Crippen LogP contribution in [0, 0.1) is 62.3 Å². The molecule has 0 radical (unpaired) electrons. The molecule has 0 fully saturated rings. The van der Waals surface area contributed by atoms with E-state index in [0.717, 1.165) is 5.69 Å². The fourth-order valence-electron chi connectivity index (χ4n) is 2.43. The first kappa shape index (κ1) is 24.6. The van der Waals surface area contributed by atoms with Crippen LogP contribution in [0.1, 0.15) is 67.7 Å². The SMILES string of the molecule is Cc1cccc(C)c1C.Cc1ccnc(C)c1C.Cc1cncc(C)c1C.[3H]C.[3H]C. The maximum Gasteiger partial charge on any atom is 0.0404 e. The van der Waals surface area contributed by atoms with E-state index < -0.39 is 0 Å². The van der Waals surface area contributed by atoms with Gasteiger partial charge in [-0.2, -0.15) is 0 Å². The Hall–Kier alpha value is -2.48. The summed E-state index contributed by atoms with van der Waals surface area (Å²) in [7, 11) is 2.50. The fraction of sp³-hybridized carbons (Fsp3) is 0.407. The molecule has 2 aromatic heterocycles. The number of pyridine rings is 2. The Bertz CT molecular complexity index is 712. The molecule has 29 heavy (non-hydrogen) atoms. The van der Waals surface area contributed by atoms with Crippen LogP contribution in [0.25, 0.3) is 0 Å². The summed E-state index contributed by atoms with van der Waals surface area (Å²) in [5.74, 6) is 0. The van der Waals surface area contributed by atoms with Crippen molar-refractivity contribution in [3.8, 4) is 0 Å².